The highest BCUT2D eigenvalue weighted by molar-refractivity contribution is 7.07. The van der Waals surface area contributed by atoms with Crippen LogP contribution in [0.4, 0.5) is 0 Å². The molecule has 1 aromatic rings. The van der Waals surface area contributed by atoms with Crippen LogP contribution in [0.15, 0.2) is 16.8 Å². The third-order valence-electron chi connectivity index (χ3n) is 5.95. The van der Waals surface area contributed by atoms with Crippen LogP contribution in [-0.4, -0.2) is 42.4 Å². The Hall–Kier alpha value is -1.40. The van der Waals surface area contributed by atoms with E-state index in [-0.39, 0.29) is 17.7 Å². The zero-order valence-corrected chi connectivity index (χ0v) is 14.7. The lowest BCUT2D eigenvalue weighted by Crippen LogP contribution is -2.47. The average Bonchev–Trinajstić information content (AvgIpc) is 3.04. The summed E-state index contributed by atoms with van der Waals surface area (Å²) in [6.07, 6.45) is 4.65. The molecule has 1 saturated carbocycles. The van der Waals surface area contributed by atoms with Crippen LogP contribution in [0.2, 0.25) is 0 Å². The molecular weight excluding hydrogens is 322 g/mol. The molecule has 3 aliphatic rings. The highest BCUT2D eigenvalue weighted by atomic mass is 32.1. The first-order chi connectivity index (χ1) is 11.7. The fourth-order valence-electron chi connectivity index (χ4n) is 4.33. The number of amides is 2. The Kier molecular flexibility index (Phi) is 4.35. The molecular formula is C18H25N3O2S. The van der Waals surface area contributed by atoms with Crippen LogP contribution < -0.4 is 10.6 Å². The van der Waals surface area contributed by atoms with Gasteiger partial charge in [0.15, 0.2) is 0 Å². The van der Waals surface area contributed by atoms with Gasteiger partial charge in [0.2, 0.25) is 11.8 Å². The minimum atomic E-state index is -0.0549. The Balaban J connectivity index is 1.50. The monoisotopic (exact) mass is 347 g/mol. The Morgan fingerprint density at radius 1 is 1.38 bits per heavy atom. The van der Waals surface area contributed by atoms with E-state index in [1.807, 2.05) is 0 Å². The third-order valence-corrected chi connectivity index (χ3v) is 6.69. The van der Waals surface area contributed by atoms with Crippen LogP contribution in [-0.2, 0) is 16.1 Å². The smallest absolute Gasteiger partial charge is 0.228 e. The minimum Gasteiger partial charge on any atom is -0.355 e. The second-order valence-electron chi connectivity index (χ2n) is 7.47. The molecule has 2 atom stereocenters. The summed E-state index contributed by atoms with van der Waals surface area (Å²) in [7, 11) is 0. The van der Waals surface area contributed by atoms with Crippen molar-refractivity contribution in [2.45, 2.75) is 44.7 Å². The van der Waals surface area contributed by atoms with E-state index in [0.29, 0.717) is 37.4 Å². The van der Waals surface area contributed by atoms with E-state index in [9.17, 15) is 9.59 Å². The molecule has 1 spiro atoms. The number of nitrogens with zero attached hydrogens (tertiary/aromatic N) is 1. The Bertz CT molecular complexity index is 600. The molecule has 2 aliphatic heterocycles. The molecule has 0 unspecified atom stereocenters. The molecule has 2 amide bonds. The molecule has 1 aromatic heterocycles. The molecule has 6 heteroatoms. The van der Waals surface area contributed by atoms with E-state index in [4.69, 9.17) is 0 Å². The molecule has 0 aromatic carbocycles. The predicted octanol–water partition coefficient (Wildman–Crippen LogP) is 1.74. The maximum Gasteiger partial charge on any atom is 0.228 e. The number of rotatable bonds is 4. The van der Waals surface area contributed by atoms with E-state index in [0.717, 1.165) is 19.5 Å². The van der Waals surface area contributed by atoms with Crippen LogP contribution in [0, 0.1) is 11.3 Å². The summed E-state index contributed by atoms with van der Waals surface area (Å²) in [6.45, 7) is 3.35. The van der Waals surface area contributed by atoms with E-state index >= 15 is 0 Å². The first-order valence-corrected chi connectivity index (χ1v) is 9.91. The van der Waals surface area contributed by atoms with Crippen LogP contribution in [0.3, 0.4) is 0 Å². The lowest BCUT2D eigenvalue weighted by molar-refractivity contribution is -0.139. The van der Waals surface area contributed by atoms with Crippen molar-refractivity contribution in [2.24, 2.45) is 11.3 Å². The molecule has 0 radical (unpaired) electrons. The van der Waals surface area contributed by atoms with Gasteiger partial charge >= 0.3 is 0 Å². The number of piperidine rings is 2. The number of thiophene rings is 1. The van der Waals surface area contributed by atoms with Crippen molar-refractivity contribution in [3.63, 3.8) is 0 Å². The van der Waals surface area contributed by atoms with Gasteiger partial charge in [-0.1, -0.05) is 0 Å². The molecule has 3 fully saturated rings. The number of carbonyl (C=O) groups is 2. The number of nitrogens with one attached hydrogen (secondary N) is 2. The van der Waals surface area contributed by atoms with Crippen molar-refractivity contribution in [3.8, 4) is 0 Å². The van der Waals surface area contributed by atoms with Crippen molar-refractivity contribution < 1.29 is 9.59 Å². The summed E-state index contributed by atoms with van der Waals surface area (Å²) in [6, 6.07) is 2.50. The van der Waals surface area contributed by atoms with Crippen LogP contribution in [0.25, 0.3) is 0 Å². The maximum absolute atomic E-state index is 13.2. The molecule has 2 saturated heterocycles. The molecule has 1 aliphatic carbocycles. The topological polar surface area (TPSA) is 61.4 Å². The fraction of sp³-hybridized carbons (Fsp3) is 0.667. The van der Waals surface area contributed by atoms with Gasteiger partial charge in [0.1, 0.15) is 0 Å². The van der Waals surface area contributed by atoms with E-state index in [2.05, 4.69) is 32.4 Å². The highest BCUT2D eigenvalue weighted by Gasteiger charge is 2.58. The summed E-state index contributed by atoms with van der Waals surface area (Å²) < 4.78 is 0. The largest absolute Gasteiger partial charge is 0.355 e. The standard InChI is InChI=1S/C18H25N3O2S/c22-16-2-1-14(10-20-16)17(23)21(11-13-3-8-24-12-13)15-9-18(15)4-6-19-7-5-18/h3,8,12,14-15,19H,1-2,4-7,9-11H2,(H,20,22)/t14-,15-/m0/s1. The van der Waals surface area contributed by atoms with Crippen molar-refractivity contribution in [2.75, 3.05) is 19.6 Å². The van der Waals surface area contributed by atoms with Gasteiger partial charge in [0.25, 0.3) is 0 Å². The van der Waals surface area contributed by atoms with Gasteiger partial charge in [-0.05, 0) is 66.6 Å². The van der Waals surface area contributed by atoms with Crippen molar-refractivity contribution >= 4 is 23.2 Å². The minimum absolute atomic E-state index is 0.0549. The summed E-state index contributed by atoms with van der Waals surface area (Å²) in [4.78, 5) is 26.7. The van der Waals surface area contributed by atoms with Gasteiger partial charge in [0.05, 0.1) is 5.92 Å². The third kappa shape index (κ3) is 3.09. The zero-order chi connectivity index (χ0) is 16.6. The first kappa shape index (κ1) is 16.1. The molecule has 130 valence electrons. The average molecular weight is 347 g/mol. The summed E-state index contributed by atoms with van der Waals surface area (Å²) in [5, 5.41) is 10.5. The Morgan fingerprint density at radius 2 is 2.21 bits per heavy atom. The fourth-order valence-corrected chi connectivity index (χ4v) is 4.99. The van der Waals surface area contributed by atoms with E-state index < -0.39 is 0 Å². The molecule has 24 heavy (non-hydrogen) atoms. The van der Waals surface area contributed by atoms with Gasteiger partial charge in [0, 0.05) is 25.6 Å². The van der Waals surface area contributed by atoms with Crippen molar-refractivity contribution in [3.05, 3.63) is 22.4 Å². The molecule has 0 bridgehead atoms. The SMILES string of the molecule is O=C1CC[C@H](C(=O)N(Cc2ccsc2)[C@H]2CC23CCNCC3)CN1. The second-order valence-corrected chi connectivity index (χ2v) is 8.25. The van der Waals surface area contributed by atoms with Gasteiger partial charge in [-0.15, -0.1) is 0 Å². The quantitative estimate of drug-likeness (QED) is 0.872. The number of hydrogen-bond acceptors (Lipinski definition) is 4. The van der Waals surface area contributed by atoms with Crippen LogP contribution in [0.5, 0.6) is 0 Å². The van der Waals surface area contributed by atoms with Gasteiger partial charge in [-0.2, -0.15) is 11.3 Å². The van der Waals surface area contributed by atoms with E-state index in [1.165, 1.54) is 18.4 Å². The Morgan fingerprint density at radius 3 is 2.88 bits per heavy atom. The molecule has 4 rings (SSSR count). The Labute approximate surface area is 146 Å². The summed E-state index contributed by atoms with van der Waals surface area (Å²) in [5.74, 6) is 0.256. The zero-order valence-electron chi connectivity index (χ0n) is 13.9. The van der Waals surface area contributed by atoms with Gasteiger partial charge < -0.3 is 15.5 Å². The van der Waals surface area contributed by atoms with Gasteiger partial charge in [-0.3, -0.25) is 9.59 Å². The lowest BCUT2D eigenvalue weighted by atomic mass is 9.92. The molecule has 2 N–H and O–H groups in total. The number of hydrogen-bond donors (Lipinski definition) is 2. The second kappa shape index (κ2) is 6.48. The highest BCUT2D eigenvalue weighted by Crippen LogP contribution is 2.56. The van der Waals surface area contributed by atoms with Crippen molar-refractivity contribution in [1.82, 2.24) is 15.5 Å². The number of carbonyl (C=O) groups excluding carboxylic acids is 2. The van der Waals surface area contributed by atoms with Crippen LogP contribution >= 0.6 is 11.3 Å². The maximum atomic E-state index is 13.2. The van der Waals surface area contributed by atoms with Crippen molar-refractivity contribution in [1.29, 1.82) is 0 Å². The lowest BCUT2D eigenvalue weighted by Gasteiger charge is -2.33. The normalized spacial score (nSPS) is 28.4. The van der Waals surface area contributed by atoms with Crippen LogP contribution in [0.1, 0.15) is 37.7 Å². The summed E-state index contributed by atoms with van der Waals surface area (Å²) >= 11 is 1.68. The predicted molar refractivity (Wildman–Crippen MR) is 93.5 cm³/mol. The molecule has 5 nitrogen and oxygen atoms in total. The van der Waals surface area contributed by atoms with Gasteiger partial charge in [-0.25, -0.2) is 0 Å². The van der Waals surface area contributed by atoms with E-state index in [1.54, 1.807) is 11.3 Å². The molecule has 3 heterocycles. The first-order valence-electron chi connectivity index (χ1n) is 8.97. The summed E-state index contributed by atoms with van der Waals surface area (Å²) in [5.41, 5.74) is 1.57.